The summed E-state index contributed by atoms with van der Waals surface area (Å²) in [6.45, 7) is 41.0. The molecule has 0 aliphatic rings. The van der Waals surface area contributed by atoms with Crippen LogP contribution in [0.25, 0.3) is 0 Å². The Kier molecular flexibility index (Phi) is 64.3. The van der Waals surface area contributed by atoms with Crippen molar-refractivity contribution in [3.8, 4) is 0 Å². The van der Waals surface area contributed by atoms with Gasteiger partial charge in [-0.2, -0.15) is 0 Å². The first kappa shape index (κ1) is 78.2. The summed E-state index contributed by atoms with van der Waals surface area (Å²) in [5.74, 6) is 4.52. The number of rotatable bonds is 45. The van der Waals surface area contributed by atoms with Crippen molar-refractivity contribution in [1.29, 1.82) is 0 Å². The average molecular weight is 1010 g/mol. The first-order valence-corrected chi connectivity index (χ1v) is 29.9. The third-order valence-electron chi connectivity index (χ3n) is 14.9. The van der Waals surface area contributed by atoms with Crippen LogP contribution in [0.5, 0.6) is 0 Å². The number of hydrogen-bond acceptors (Lipinski definition) is 9. The number of likely N-dealkylation sites (N-methyl/N-ethyl adjacent to an activating group) is 4. The molecule has 0 saturated carbocycles. The van der Waals surface area contributed by atoms with Gasteiger partial charge in [0.2, 0.25) is 0 Å². The van der Waals surface area contributed by atoms with E-state index in [1.54, 1.807) is 14.1 Å². The van der Waals surface area contributed by atoms with E-state index in [4.69, 9.17) is 15.3 Å². The number of nitrogens with one attached hydrogen (secondary N) is 2. The van der Waals surface area contributed by atoms with E-state index in [2.05, 4.69) is 118 Å². The minimum absolute atomic E-state index is 0.260. The summed E-state index contributed by atoms with van der Waals surface area (Å²) >= 11 is 0. The number of hydroxylamine groups is 6. The number of nitrogens with zero attached hydrogens (tertiary/aromatic N) is 4. The van der Waals surface area contributed by atoms with Gasteiger partial charge in [-0.05, 0) is 102 Å². The van der Waals surface area contributed by atoms with Crippen molar-refractivity contribution < 1.29 is 24.6 Å². The molecule has 8 unspecified atom stereocenters. The summed E-state index contributed by atoms with van der Waals surface area (Å²) in [5.41, 5.74) is 0. The van der Waals surface area contributed by atoms with Crippen LogP contribution in [0.3, 0.4) is 0 Å². The van der Waals surface area contributed by atoms with Gasteiger partial charge in [-0.3, -0.25) is 10.5 Å². The van der Waals surface area contributed by atoms with Crippen LogP contribution in [0.15, 0.2) is 0 Å². The predicted octanol–water partition coefficient (Wildman–Crippen LogP) is 15.0. The van der Waals surface area contributed by atoms with Crippen molar-refractivity contribution in [3.05, 3.63) is 10.4 Å². The number of carbonyl (C=O) groups excluding carboxylic acids is 1. The average Bonchev–Trinajstić information content (AvgIpc) is 3.37. The van der Waals surface area contributed by atoms with Crippen molar-refractivity contribution in [2.24, 2.45) is 35.5 Å². The molecule has 428 valence electrons. The number of unbranched alkanes of at least 4 members (excludes halogenated alkanes) is 6. The molecule has 0 aromatic carbocycles. The van der Waals surface area contributed by atoms with Crippen LogP contribution >= 0.6 is 0 Å². The Bertz CT molecular complexity index is 907. The van der Waals surface area contributed by atoms with E-state index in [0.29, 0.717) is 38.0 Å². The zero-order valence-electron chi connectivity index (χ0n) is 50.5. The summed E-state index contributed by atoms with van der Waals surface area (Å²) < 4.78 is -0.520. The summed E-state index contributed by atoms with van der Waals surface area (Å²) in [7, 11) is 8.11. The third kappa shape index (κ3) is 53.6. The van der Waals surface area contributed by atoms with Crippen LogP contribution in [0.1, 0.15) is 237 Å². The number of quaternary nitrogens is 2. The zero-order chi connectivity index (χ0) is 54.5. The highest BCUT2D eigenvalue weighted by Crippen LogP contribution is 2.21. The van der Waals surface area contributed by atoms with E-state index >= 15 is 0 Å². The van der Waals surface area contributed by atoms with Gasteiger partial charge in [-0.1, -0.05) is 186 Å². The van der Waals surface area contributed by atoms with Gasteiger partial charge in [0.05, 0.1) is 27.2 Å². The van der Waals surface area contributed by atoms with Gasteiger partial charge in [-0.15, -0.1) is 0 Å². The lowest BCUT2D eigenvalue weighted by molar-refractivity contribution is -0.920. The molecule has 0 amide bonds. The Morgan fingerprint density at radius 2 is 0.657 bits per heavy atom. The smallest absolute Gasteiger partial charge is 0.128 e. The lowest BCUT2D eigenvalue weighted by atomic mass is 9.98. The van der Waals surface area contributed by atoms with Gasteiger partial charge in [0.25, 0.3) is 0 Å². The van der Waals surface area contributed by atoms with Gasteiger partial charge < -0.3 is 44.9 Å². The van der Waals surface area contributed by atoms with Gasteiger partial charge in [-0.25, -0.2) is 0 Å². The topological polar surface area (TPSA) is 134 Å². The van der Waals surface area contributed by atoms with Gasteiger partial charge in [0, 0.05) is 51.1 Å². The fourth-order valence-corrected chi connectivity index (χ4v) is 9.45. The van der Waals surface area contributed by atoms with Crippen molar-refractivity contribution in [2.45, 2.75) is 237 Å². The molecule has 11 nitrogen and oxygen atoms in total. The SMILES string of the molecule is C=O.CCCCC(CC)CN(C)CCN(C)CC(CC)CCCC.CCCCC(CC)CNCCNCC(CC)CCCC.CCCCC(CC)C[N+](C)([O-])CC[N+](C)([O-])CC(CC)CCCC.OO. The van der Waals surface area contributed by atoms with Crippen molar-refractivity contribution in [2.75, 3.05) is 107 Å². The fourth-order valence-electron chi connectivity index (χ4n) is 9.45. The second kappa shape index (κ2) is 57.5. The van der Waals surface area contributed by atoms with E-state index in [-0.39, 0.29) is 9.29 Å². The first-order chi connectivity index (χ1) is 33.5. The van der Waals surface area contributed by atoms with Crippen LogP contribution in [0.4, 0.5) is 0 Å². The Labute approximate surface area is 440 Å². The van der Waals surface area contributed by atoms with E-state index in [9.17, 15) is 10.4 Å². The molecule has 0 bridgehead atoms. The molecule has 0 aromatic rings. The highest BCUT2D eigenvalue weighted by molar-refractivity contribution is 5.11. The molecular weight excluding hydrogens is 873 g/mol. The van der Waals surface area contributed by atoms with Gasteiger partial charge >= 0.3 is 0 Å². The first-order valence-electron chi connectivity index (χ1n) is 29.9. The van der Waals surface area contributed by atoms with Crippen molar-refractivity contribution >= 4 is 6.79 Å². The van der Waals surface area contributed by atoms with Crippen LogP contribution in [-0.2, 0) is 4.79 Å². The summed E-state index contributed by atoms with van der Waals surface area (Å²) in [6, 6.07) is 0. The van der Waals surface area contributed by atoms with Crippen LogP contribution in [0, 0.1) is 45.9 Å². The van der Waals surface area contributed by atoms with Crippen LogP contribution in [-0.4, -0.2) is 143 Å². The number of carbonyl (C=O) groups is 1. The maximum absolute atomic E-state index is 12.8. The van der Waals surface area contributed by atoms with Gasteiger partial charge in [0.1, 0.15) is 19.9 Å². The predicted molar refractivity (Wildman–Crippen MR) is 312 cm³/mol. The standard InChI is InChI=1S/C20H44N2O2.C20H44N2.C18H40N2.CH2O.H2O2/c1-7-11-13-19(9-3)17-21(5,23)15-16-22(6,24)18-20(10-4)14-12-8-2;1-7-11-13-19(9-3)17-21(5)15-16-22(6)18-20(10-4)14-12-8-2;1-5-9-11-17(7-3)15-19-13-14-20-16-18(8-4)12-10-6-2;2*1-2/h19-20H,7-18H2,1-6H3;19-20H,7-18H2,1-6H3;17-20H,5-16H2,1-4H3;1H2;1-2H. The second-order valence-electron chi connectivity index (χ2n) is 21.8. The lowest BCUT2D eigenvalue weighted by Gasteiger charge is -2.46. The summed E-state index contributed by atoms with van der Waals surface area (Å²) in [6.07, 6.45) is 30.9. The Hall–Kier alpha value is -0.730. The Morgan fingerprint density at radius 1 is 0.429 bits per heavy atom. The Balaban J connectivity index is -0.000000292. The van der Waals surface area contributed by atoms with Crippen LogP contribution in [0.2, 0.25) is 0 Å². The molecule has 0 aliphatic heterocycles. The molecule has 0 aromatic heterocycles. The molecule has 8 atom stereocenters. The molecule has 11 heteroatoms. The normalized spacial score (nSPS) is 15.6. The quantitative estimate of drug-likeness (QED) is 0.0204. The molecule has 0 radical (unpaired) electrons. The van der Waals surface area contributed by atoms with E-state index in [1.807, 2.05) is 6.79 Å². The molecule has 0 aliphatic carbocycles. The summed E-state index contributed by atoms with van der Waals surface area (Å²) in [5, 5.41) is 44.8. The molecule has 0 saturated heterocycles. The third-order valence-corrected chi connectivity index (χ3v) is 14.9. The number of hydrogen-bond donors (Lipinski definition) is 4. The molecule has 4 N–H and O–H groups in total. The fraction of sp³-hybridized carbons (Fsp3) is 0.983. The maximum atomic E-state index is 12.8. The molecule has 0 heterocycles. The minimum atomic E-state index is -0.260. The maximum Gasteiger partial charge on any atom is 0.128 e. The highest BCUT2D eigenvalue weighted by atomic mass is 17.0. The molecule has 0 spiro atoms. The van der Waals surface area contributed by atoms with Gasteiger partial charge in [0.15, 0.2) is 0 Å². The van der Waals surface area contributed by atoms with Crippen LogP contribution < -0.4 is 10.6 Å². The van der Waals surface area contributed by atoms with E-state index in [1.165, 1.54) is 168 Å². The lowest BCUT2D eigenvalue weighted by Crippen LogP contribution is -2.51. The largest absolute Gasteiger partial charge is 0.633 e. The molecule has 70 heavy (non-hydrogen) atoms. The Morgan fingerprint density at radius 3 is 0.886 bits per heavy atom. The van der Waals surface area contributed by atoms with Crippen molar-refractivity contribution in [1.82, 2.24) is 20.4 Å². The molecular formula is C59H132N6O5. The highest BCUT2D eigenvalue weighted by Gasteiger charge is 2.23. The molecule has 0 rings (SSSR count). The zero-order valence-corrected chi connectivity index (χ0v) is 50.5. The second-order valence-corrected chi connectivity index (χ2v) is 21.8. The van der Waals surface area contributed by atoms with Crippen molar-refractivity contribution in [3.63, 3.8) is 0 Å². The monoisotopic (exact) mass is 1010 g/mol. The molecule has 0 fully saturated rings. The summed E-state index contributed by atoms with van der Waals surface area (Å²) in [4.78, 5) is 13.1. The van der Waals surface area contributed by atoms with E-state index in [0.717, 1.165) is 62.4 Å². The minimum Gasteiger partial charge on any atom is -0.633 e. The van der Waals surface area contributed by atoms with E-state index < -0.39 is 0 Å².